The molecule has 0 radical (unpaired) electrons. The van der Waals surface area contributed by atoms with Crippen LogP contribution in [0, 0.1) is 29.6 Å². The van der Waals surface area contributed by atoms with Gasteiger partial charge in [0.2, 0.25) is 0 Å². The quantitative estimate of drug-likeness (QED) is 0.764. The van der Waals surface area contributed by atoms with Gasteiger partial charge in [0, 0.05) is 13.6 Å². The van der Waals surface area contributed by atoms with Crippen LogP contribution in [0.15, 0.2) is 35.7 Å². The Hall–Kier alpha value is -2.46. The number of aryl methyl sites for hydroxylation is 1. The number of hydrogen-bond donors (Lipinski definition) is 2. The molecule has 0 aromatic heterocycles. The first-order chi connectivity index (χ1) is 8.22. The van der Waals surface area contributed by atoms with Crippen molar-refractivity contribution in [3.8, 4) is 12.1 Å². The zero-order chi connectivity index (χ0) is 12.7. The second-order valence-corrected chi connectivity index (χ2v) is 3.50. The maximum absolute atomic E-state index is 8.77. The number of allylic oxidation sites excluding steroid dienone is 1. The topological polar surface area (TPSA) is 71.6 Å². The number of rotatable bonds is 4. The Morgan fingerprint density at radius 3 is 2.41 bits per heavy atom. The lowest BCUT2D eigenvalue weighted by molar-refractivity contribution is 0.729. The minimum absolute atomic E-state index is 0.0566. The Morgan fingerprint density at radius 2 is 1.88 bits per heavy atom. The summed E-state index contributed by atoms with van der Waals surface area (Å²) >= 11 is 0. The number of nitrogens with zero attached hydrogens (tertiary/aromatic N) is 2. The lowest BCUT2D eigenvalue weighted by Crippen LogP contribution is -2.25. The zero-order valence-electron chi connectivity index (χ0n) is 9.91. The Labute approximate surface area is 101 Å². The number of nitriles is 2. The van der Waals surface area contributed by atoms with E-state index < -0.39 is 0 Å². The minimum Gasteiger partial charge on any atom is -0.373 e. The molecule has 1 aromatic rings. The van der Waals surface area contributed by atoms with Crippen molar-refractivity contribution >= 4 is 0 Å². The van der Waals surface area contributed by atoms with Crippen LogP contribution in [0.3, 0.4) is 0 Å². The maximum Gasteiger partial charge on any atom is 0.169 e. The van der Waals surface area contributed by atoms with Gasteiger partial charge in [0.05, 0.1) is 0 Å². The third-order valence-electron chi connectivity index (χ3n) is 2.44. The van der Waals surface area contributed by atoms with Crippen molar-refractivity contribution in [1.29, 1.82) is 10.5 Å². The van der Waals surface area contributed by atoms with Crippen LogP contribution in [0.2, 0.25) is 0 Å². The molecule has 0 aliphatic heterocycles. The van der Waals surface area contributed by atoms with Crippen LogP contribution in [0.25, 0.3) is 0 Å². The number of nitrogens with one attached hydrogen (secondary N) is 2. The van der Waals surface area contributed by atoms with E-state index in [9.17, 15) is 0 Å². The van der Waals surface area contributed by atoms with Crippen LogP contribution in [0.1, 0.15) is 11.1 Å². The fourth-order valence-corrected chi connectivity index (χ4v) is 1.43. The second-order valence-electron chi connectivity index (χ2n) is 3.50. The first-order valence-electron chi connectivity index (χ1n) is 5.23. The van der Waals surface area contributed by atoms with Gasteiger partial charge in [-0.2, -0.15) is 10.5 Å². The van der Waals surface area contributed by atoms with Gasteiger partial charge in [-0.15, -0.1) is 0 Å². The maximum atomic E-state index is 8.77. The second kappa shape index (κ2) is 6.19. The monoisotopic (exact) mass is 226 g/mol. The Morgan fingerprint density at radius 1 is 1.24 bits per heavy atom. The molecular weight excluding hydrogens is 212 g/mol. The SMILES string of the molecule is CNC(NCc1ccccc1C)=C(C#N)C#N. The van der Waals surface area contributed by atoms with Gasteiger partial charge in [-0.3, -0.25) is 0 Å². The molecule has 1 rings (SSSR count). The van der Waals surface area contributed by atoms with Crippen molar-refractivity contribution < 1.29 is 0 Å². The molecule has 0 aliphatic rings. The summed E-state index contributed by atoms with van der Waals surface area (Å²) in [7, 11) is 1.68. The molecule has 86 valence electrons. The summed E-state index contributed by atoms with van der Waals surface area (Å²) in [6.07, 6.45) is 0. The summed E-state index contributed by atoms with van der Waals surface area (Å²) in [6, 6.07) is 11.7. The molecule has 0 heterocycles. The molecule has 4 heteroatoms. The minimum atomic E-state index is 0.0566. The van der Waals surface area contributed by atoms with E-state index in [0.717, 1.165) is 5.56 Å². The summed E-state index contributed by atoms with van der Waals surface area (Å²) in [5.41, 5.74) is 2.36. The Kier molecular flexibility index (Phi) is 4.59. The van der Waals surface area contributed by atoms with E-state index in [4.69, 9.17) is 10.5 Å². The Balaban J connectivity index is 2.81. The molecule has 17 heavy (non-hydrogen) atoms. The zero-order valence-corrected chi connectivity index (χ0v) is 9.91. The van der Waals surface area contributed by atoms with Crippen LogP contribution >= 0.6 is 0 Å². The van der Waals surface area contributed by atoms with Gasteiger partial charge in [0.25, 0.3) is 0 Å². The van der Waals surface area contributed by atoms with Crippen LogP contribution in [0.5, 0.6) is 0 Å². The van der Waals surface area contributed by atoms with Gasteiger partial charge >= 0.3 is 0 Å². The van der Waals surface area contributed by atoms with Gasteiger partial charge < -0.3 is 10.6 Å². The van der Waals surface area contributed by atoms with Crippen LogP contribution in [-0.2, 0) is 6.54 Å². The van der Waals surface area contributed by atoms with E-state index in [2.05, 4.69) is 10.6 Å². The number of hydrogen-bond acceptors (Lipinski definition) is 4. The van der Waals surface area contributed by atoms with Gasteiger partial charge in [-0.05, 0) is 18.1 Å². The van der Waals surface area contributed by atoms with Crippen molar-refractivity contribution in [2.45, 2.75) is 13.5 Å². The standard InChI is InChI=1S/C13H14N4/c1-10-5-3-4-6-11(10)9-17-13(16-2)12(7-14)8-15/h3-6,16-17H,9H2,1-2H3. The molecule has 0 aliphatic carbocycles. The first-order valence-corrected chi connectivity index (χ1v) is 5.23. The highest BCUT2D eigenvalue weighted by Gasteiger charge is 2.04. The predicted molar refractivity (Wildman–Crippen MR) is 65.3 cm³/mol. The lowest BCUT2D eigenvalue weighted by atomic mass is 10.1. The highest BCUT2D eigenvalue weighted by Crippen LogP contribution is 2.07. The van der Waals surface area contributed by atoms with Crippen molar-refractivity contribution in [2.75, 3.05) is 7.05 Å². The summed E-state index contributed by atoms with van der Waals surface area (Å²) in [6.45, 7) is 2.60. The van der Waals surface area contributed by atoms with Crippen LogP contribution in [-0.4, -0.2) is 7.05 Å². The molecule has 0 bridgehead atoms. The highest BCUT2D eigenvalue weighted by molar-refractivity contribution is 5.39. The molecule has 0 atom stereocenters. The van der Waals surface area contributed by atoms with Crippen molar-refractivity contribution in [3.63, 3.8) is 0 Å². The predicted octanol–water partition coefficient (Wildman–Crippen LogP) is 1.56. The lowest BCUT2D eigenvalue weighted by Gasteiger charge is -2.11. The van der Waals surface area contributed by atoms with E-state index >= 15 is 0 Å². The van der Waals surface area contributed by atoms with E-state index in [1.807, 2.05) is 43.3 Å². The Bertz CT molecular complexity index is 487. The fraction of sp³-hybridized carbons (Fsp3) is 0.231. The average molecular weight is 226 g/mol. The summed E-state index contributed by atoms with van der Waals surface area (Å²) < 4.78 is 0. The molecule has 4 nitrogen and oxygen atoms in total. The van der Waals surface area contributed by atoms with E-state index in [-0.39, 0.29) is 5.57 Å². The molecule has 0 fully saturated rings. The molecular formula is C13H14N4. The van der Waals surface area contributed by atoms with Gasteiger partial charge in [-0.1, -0.05) is 24.3 Å². The van der Waals surface area contributed by atoms with E-state index in [1.54, 1.807) is 7.05 Å². The molecule has 0 spiro atoms. The molecule has 0 unspecified atom stereocenters. The largest absolute Gasteiger partial charge is 0.373 e. The van der Waals surface area contributed by atoms with E-state index in [1.165, 1.54) is 5.56 Å². The summed E-state index contributed by atoms with van der Waals surface area (Å²) in [5, 5.41) is 23.4. The third kappa shape index (κ3) is 3.25. The van der Waals surface area contributed by atoms with Crippen molar-refractivity contribution in [1.82, 2.24) is 10.6 Å². The number of benzene rings is 1. The highest BCUT2D eigenvalue weighted by atomic mass is 15.1. The average Bonchev–Trinajstić information content (AvgIpc) is 2.36. The normalized spacial score (nSPS) is 8.71. The van der Waals surface area contributed by atoms with Crippen molar-refractivity contribution in [3.05, 3.63) is 46.8 Å². The van der Waals surface area contributed by atoms with Gasteiger partial charge in [-0.25, -0.2) is 0 Å². The smallest absolute Gasteiger partial charge is 0.169 e. The molecule has 0 saturated carbocycles. The molecule has 2 N–H and O–H groups in total. The van der Waals surface area contributed by atoms with Crippen molar-refractivity contribution in [2.24, 2.45) is 0 Å². The van der Waals surface area contributed by atoms with Crippen LogP contribution < -0.4 is 10.6 Å². The first kappa shape index (κ1) is 12.6. The van der Waals surface area contributed by atoms with Gasteiger partial charge in [0.15, 0.2) is 5.57 Å². The van der Waals surface area contributed by atoms with Crippen LogP contribution in [0.4, 0.5) is 0 Å². The fourth-order valence-electron chi connectivity index (χ4n) is 1.43. The van der Waals surface area contributed by atoms with Gasteiger partial charge in [0.1, 0.15) is 18.0 Å². The summed E-state index contributed by atoms with van der Waals surface area (Å²) in [5.74, 6) is 0.457. The molecule has 1 aromatic carbocycles. The van der Waals surface area contributed by atoms with E-state index in [0.29, 0.717) is 12.4 Å². The molecule has 0 saturated heterocycles. The third-order valence-corrected chi connectivity index (χ3v) is 2.44. The summed E-state index contributed by atoms with van der Waals surface area (Å²) in [4.78, 5) is 0. The molecule has 0 amide bonds.